The van der Waals surface area contributed by atoms with Crippen LogP contribution in [0.3, 0.4) is 0 Å². The summed E-state index contributed by atoms with van der Waals surface area (Å²) >= 11 is 0. The predicted molar refractivity (Wildman–Crippen MR) is 65.3 cm³/mol. The van der Waals surface area contributed by atoms with Crippen LogP contribution in [-0.4, -0.2) is 36.3 Å². The van der Waals surface area contributed by atoms with Gasteiger partial charge in [-0.3, -0.25) is 14.5 Å². The first-order valence-electron chi connectivity index (χ1n) is 6.50. The van der Waals surface area contributed by atoms with Crippen molar-refractivity contribution in [2.75, 3.05) is 19.6 Å². The molecule has 2 heterocycles. The molecule has 0 radical (unpaired) electrons. The Kier molecular flexibility index (Phi) is 3.25. The van der Waals surface area contributed by atoms with Crippen molar-refractivity contribution in [2.24, 2.45) is 17.3 Å². The van der Waals surface area contributed by atoms with Crippen LogP contribution in [0.15, 0.2) is 0 Å². The smallest absolute Gasteiger partial charge is 0.232 e. The fourth-order valence-corrected chi connectivity index (χ4v) is 2.82. The van der Waals surface area contributed by atoms with Gasteiger partial charge < -0.3 is 5.32 Å². The van der Waals surface area contributed by atoms with Crippen LogP contribution in [0, 0.1) is 17.3 Å². The molecule has 2 fully saturated rings. The highest BCUT2D eigenvalue weighted by Crippen LogP contribution is 2.32. The van der Waals surface area contributed by atoms with Gasteiger partial charge in [-0.2, -0.15) is 0 Å². The molecule has 2 rings (SSSR count). The van der Waals surface area contributed by atoms with Gasteiger partial charge in [0.05, 0.1) is 0 Å². The molecule has 0 bridgehead atoms. The fraction of sp³-hybridized carbons (Fsp3) is 0.846. The first-order valence-corrected chi connectivity index (χ1v) is 6.50. The van der Waals surface area contributed by atoms with Crippen LogP contribution in [0.1, 0.15) is 33.6 Å². The van der Waals surface area contributed by atoms with Gasteiger partial charge in [0.2, 0.25) is 11.8 Å². The number of imide groups is 1. The maximum Gasteiger partial charge on any atom is 0.232 e. The summed E-state index contributed by atoms with van der Waals surface area (Å²) in [5, 5.41) is 3.35. The number of hydrogen-bond acceptors (Lipinski definition) is 3. The summed E-state index contributed by atoms with van der Waals surface area (Å²) < 4.78 is 0. The van der Waals surface area contributed by atoms with Crippen LogP contribution >= 0.6 is 0 Å². The van der Waals surface area contributed by atoms with Crippen molar-refractivity contribution in [3.8, 4) is 0 Å². The number of carbonyl (C=O) groups is 2. The second-order valence-corrected chi connectivity index (χ2v) is 5.93. The summed E-state index contributed by atoms with van der Waals surface area (Å²) in [7, 11) is 0. The van der Waals surface area contributed by atoms with Gasteiger partial charge in [-0.15, -0.1) is 0 Å². The minimum Gasteiger partial charge on any atom is -0.316 e. The van der Waals surface area contributed by atoms with Crippen molar-refractivity contribution in [2.45, 2.75) is 33.6 Å². The van der Waals surface area contributed by atoms with E-state index in [1.807, 2.05) is 13.8 Å². The molecular formula is C13H22N2O2. The van der Waals surface area contributed by atoms with Crippen LogP contribution in [0.5, 0.6) is 0 Å². The molecule has 2 aliphatic rings. The van der Waals surface area contributed by atoms with E-state index in [9.17, 15) is 9.59 Å². The van der Waals surface area contributed by atoms with Crippen LogP contribution in [0.4, 0.5) is 0 Å². The van der Waals surface area contributed by atoms with Gasteiger partial charge in [0.1, 0.15) is 0 Å². The largest absolute Gasteiger partial charge is 0.316 e. The summed E-state index contributed by atoms with van der Waals surface area (Å²) in [6.07, 6.45) is 2.21. The lowest BCUT2D eigenvalue weighted by atomic mass is 9.82. The maximum absolute atomic E-state index is 12.0. The van der Waals surface area contributed by atoms with Crippen LogP contribution < -0.4 is 5.32 Å². The standard InChI is InChI=1S/C13H22N2O2/c1-9-10(2)12(17)15(11(9)16)8-13(3)5-4-6-14-7-13/h9-10,14H,4-8H2,1-3H3. The lowest BCUT2D eigenvalue weighted by molar-refractivity contribution is -0.141. The van der Waals surface area contributed by atoms with Crippen molar-refractivity contribution in [3.05, 3.63) is 0 Å². The van der Waals surface area contributed by atoms with Crippen molar-refractivity contribution < 1.29 is 9.59 Å². The Morgan fingerprint density at radius 3 is 2.35 bits per heavy atom. The van der Waals surface area contributed by atoms with Crippen LogP contribution in [-0.2, 0) is 9.59 Å². The molecule has 3 unspecified atom stereocenters. The molecule has 96 valence electrons. The van der Waals surface area contributed by atoms with Gasteiger partial charge in [-0.25, -0.2) is 0 Å². The average Bonchev–Trinajstić information content (AvgIpc) is 2.48. The molecule has 0 aromatic rings. The van der Waals surface area contributed by atoms with E-state index in [4.69, 9.17) is 0 Å². The molecule has 17 heavy (non-hydrogen) atoms. The first-order chi connectivity index (χ1) is 7.94. The summed E-state index contributed by atoms with van der Waals surface area (Å²) in [4.78, 5) is 25.5. The summed E-state index contributed by atoms with van der Waals surface area (Å²) in [5.41, 5.74) is 0.0490. The number of rotatable bonds is 2. The molecule has 4 nitrogen and oxygen atoms in total. The second kappa shape index (κ2) is 4.41. The molecule has 0 saturated carbocycles. The molecule has 3 atom stereocenters. The molecule has 0 aromatic carbocycles. The Bertz CT molecular complexity index is 314. The Morgan fingerprint density at radius 2 is 1.88 bits per heavy atom. The summed E-state index contributed by atoms with van der Waals surface area (Å²) in [6.45, 7) is 8.38. The number of likely N-dealkylation sites (tertiary alicyclic amines) is 1. The van der Waals surface area contributed by atoms with E-state index in [0.29, 0.717) is 6.54 Å². The number of piperidine rings is 1. The topological polar surface area (TPSA) is 49.4 Å². The zero-order valence-electron chi connectivity index (χ0n) is 11.0. The minimum absolute atomic E-state index is 0.00861. The Hall–Kier alpha value is -0.900. The van der Waals surface area contributed by atoms with E-state index in [2.05, 4.69) is 12.2 Å². The van der Waals surface area contributed by atoms with Crippen molar-refractivity contribution in [3.63, 3.8) is 0 Å². The average molecular weight is 238 g/mol. The summed E-state index contributed by atoms with van der Waals surface area (Å²) in [6, 6.07) is 0. The van der Waals surface area contributed by atoms with Gasteiger partial charge in [0, 0.05) is 24.9 Å². The quantitative estimate of drug-likeness (QED) is 0.731. The number of hydrogen-bond donors (Lipinski definition) is 1. The summed E-state index contributed by atoms with van der Waals surface area (Å²) in [5.74, 6) is -0.283. The second-order valence-electron chi connectivity index (χ2n) is 5.93. The molecule has 1 N–H and O–H groups in total. The zero-order chi connectivity index (χ0) is 12.6. The first kappa shape index (κ1) is 12.6. The minimum atomic E-state index is -0.150. The third kappa shape index (κ3) is 2.23. The third-order valence-electron chi connectivity index (χ3n) is 4.29. The zero-order valence-corrected chi connectivity index (χ0v) is 11.0. The highest BCUT2D eigenvalue weighted by atomic mass is 16.2. The van der Waals surface area contributed by atoms with E-state index >= 15 is 0 Å². The van der Waals surface area contributed by atoms with Gasteiger partial charge in [-0.05, 0) is 24.8 Å². The third-order valence-corrected chi connectivity index (χ3v) is 4.29. The Balaban J connectivity index is 2.08. The monoisotopic (exact) mass is 238 g/mol. The highest BCUT2D eigenvalue weighted by Gasteiger charge is 2.44. The van der Waals surface area contributed by atoms with Crippen molar-refractivity contribution in [1.29, 1.82) is 0 Å². The number of nitrogens with zero attached hydrogens (tertiary/aromatic N) is 1. The van der Waals surface area contributed by atoms with Gasteiger partial charge >= 0.3 is 0 Å². The SMILES string of the molecule is CC1C(=O)N(CC2(C)CCCNC2)C(=O)C1C. The molecule has 4 heteroatoms. The van der Waals surface area contributed by atoms with E-state index < -0.39 is 0 Å². The molecule has 2 amide bonds. The van der Waals surface area contributed by atoms with Crippen LogP contribution in [0.2, 0.25) is 0 Å². The molecule has 0 spiro atoms. The highest BCUT2D eigenvalue weighted by molar-refractivity contribution is 6.04. The fourth-order valence-electron chi connectivity index (χ4n) is 2.82. The lowest BCUT2D eigenvalue weighted by Gasteiger charge is -2.36. The number of amides is 2. The Labute approximate surface area is 103 Å². The van der Waals surface area contributed by atoms with Gasteiger partial charge in [-0.1, -0.05) is 20.8 Å². The van der Waals surface area contributed by atoms with Gasteiger partial charge in [0.25, 0.3) is 0 Å². The molecule has 0 aliphatic carbocycles. The molecule has 0 aromatic heterocycles. The van der Waals surface area contributed by atoms with E-state index in [1.54, 1.807) is 0 Å². The number of carbonyl (C=O) groups excluding carboxylic acids is 2. The predicted octanol–water partition coefficient (Wildman–Crippen LogP) is 1.02. The van der Waals surface area contributed by atoms with Crippen molar-refractivity contribution in [1.82, 2.24) is 10.2 Å². The van der Waals surface area contributed by atoms with E-state index in [1.165, 1.54) is 4.90 Å². The van der Waals surface area contributed by atoms with Gasteiger partial charge in [0.15, 0.2) is 0 Å². The molecular weight excluding hydrogens is 216 g/mol. The van der Waals surface area contributed by atoms with E-state index in [-0.39, 0.29) is 29.1 Å². The normalized spacial score (nSPS) is 38.9. The van der Waals surface area contributed by atoms with Crippen molar-refractivity contribution >= 4 is 11.8 Å². The molecule has 2 saturated heterocycles. The number of nitrogens with one attached hydrogen (secondary N) is 1. The molecule has 2 aliphatic heterocycles. The lowest BCUT2D eigenvalue weighted by Crippen LogP contribution is -2.47. The maximum atomic E-state index is 12.0. The Morgan fingerprint density at radius 1 is 1.29 bits per heavy atom. The van der Waals surface area contributed by atoms with Crippen LogP contribution in [0.25, 0.3) is 0 Å². The van der Waals surface area contributed by atoms with E-state index in [0.717, 1.165) is 25.9 Å².